The molecular formula is C10H18N2O2. The summed E-state index contributed by atoms with van der Waals surface area (Å²) in [4.78, 5) is 15.7. The molecule has 2 saturated heterocycles. The lowest BCUT2D eigenvalue weighted by atomic mass is 10.1. The van der Waals surface area contributed by atoms with Gasteiger partial charge in [-0.3, -0.25) is 4.90 Å². The van der Waals surface area contributed by atoms with Gasteiger partial charge in [0, 0.05) is 32.1 Å². The van der Waals surface area contributed by atoms with Crippen LogP contribution < -0.4 is 0 Å². The lowest BCUT2D eigenvalue weighted by molar-refractivity contribution is -0.000963. The van der Waals surface area contributed by atoms with E-state index in [1.807, 2.05) is 4.90 Å². The lowest BCUT2D eigenvalue weighted by Gasteiger charge is -2.44. The maximum atomic E-state index is 11.4. The molecule has 1 amide bonds. The molecular weight excluding hydrogens is 180 g/mol. The van der Waals surface area contributed by atoms with Crippen molar-refractivity contribution in [2.24, 2.45) is 0 Å². The second-order valence-electron chi connectivity index (χ2n) is 4.34. The fourth-order valence-corrected chi connectivity index (χ4v) is 2.20. The summed E-state index contributed by atoms with van der Waals surface area (Å²) in [6, 6.07) is 0.961. The van der Waals surface area contributed by atoms with Crippen LogP contribution in [0, 0.1) is 0 Å². The molecule has 80 valence electrons. The standard InChI is InChI=1S/C10H18N2O2/c1-8(2)11-4-5-12-9(7-11)3-6-14-10(12)13/h8-9H,3-7H2,1-2H3. The minimum Gasteiger partial charge on any atom is -0.449 e. The largest absolute Gasteiger partial charge is 0.449 e. The second kappa shape index (κ2) is 3.77. The van der Waals surface area contributed by atoms with E-state index in [0.29, 0.717) is 18.7 Å². The summed E-state index contributed by atoms with van der Waals surface area (Å²) in [5.74, 6) is 0. The molecule has 0 N–H and O–H groups in total. The Kier molecular flexibility index (Phi) is 2.63. The summed E-state index contributed by atoms with van der Waals surface area (Å²) >= 11 is 0. The third kappa shape index (κ3) is 1.71. The summed E-state index contributed by atoms with van der Waals surface area (Å²) in [5.41, 5.74) is 0. The number of carbonyl (C=O) groups is 1. The van der Waals surface area contributed by atoms with Crippen LogP contribution in [0.4, 0.5) is 4.79 Å². The van der Waals surface area contributed by atoms with Crippen LogP contribution in [0.5, 0.6) is 0 Å². The summed E-state index contributed by atoms with van der Waals surface area (Å²) in [6.07, 6.45) is 0.860. The topological polar surface area (TPSA) is 32.8 Å². The van der Waals surface area contributed by atoms with Gasteiger partial charge < -0.3 is 9.64 Å². The maximum absolute atomic E-state index is 11.4. The van der Waals surface area contributed by atoms with E-state index in [1.165, 1.54) is 0 Å². The zero-order valence-corrected chi connectivity index (χ0v) is 8.90. The monoisotopic (exact) mass is 198 g/mol. The highest BCUT2D eigenvalue weighted by Gasteiger charge is 2.34. The molecule has 0 aliphatic carbocycles. The zero-order valence-electron chi connectivity index (χ0n) is 8.90. The van der Waals surface area contributed by atoms with E-state index in [9.17, 15) is 4.79 Å². The Morgan fingerprint density at radius 2 is 2.21 bits per heavy atom. The molecule has 0 aromatic rings. The summed E-state index contributed by atoms with van der Waals surface area (Å²) in [6.45, 7) is 7.80. The first-order valence-corrected chi connectivity index (χ1v) is 5.36. The molecule has 2 heterocycles. The van der Waals surface area contributed by atoms with Crippen LogP contribution in [0.1, 0.15) is 20.3 Å². The molecule has 2 rings (SSSR count). The average molecular weight is 198 g/mol. The number of ether oxygens (including phenoxy) is 1. The number of hydrogen-bond acceptors (Lipinski definition) is 3. The van der Waals surface area contributed by atoms with E-state index in [-0.39, 0.29) is 6.09 Å². The van der Waals surface area contributed by atoms with Crippen molar-refractivity contribution in [1.82, 2.24) is 9.80 Å². The average Bonchev–Trinajstić information content (AvgIpc) is 2.17. The van der Waals surface area contributed by atoms with Crippen LogP contribution in [0.3, 0.4) is 0 Å². The van der Waals surface area contributed by atoms with Crippen LogP contribution in [-0.2, 0) is 4.74 Å². The molecule has 2 aliphatic rings. The molecule has 14 heavy (non-hydrogen) atoms. The minimum absolute atomic E-state index is 0.121. The highest BCUT2D eigenvalue weighted by molar-refractivity contribution is 5.69. The smallest absolute Gasteiger partial charge is 0.410 e. The number of carbonyl (C=O) groups excluding carboxylic acids is 1. The highest BCUT2D eigenvalue weighted by Crippen LogP contribution is 2.19. The lowest BCUT2D eigenvalue weighted by Crippen LogP contribution is -2.59. The highest BCUT2D eigenvalue weighted by atomic mass is 16.6. The van der Waals surface area contributed by atoms with Gasteiger partial charge in [-0.15, -0.1) is 0 Å². The first-order chi connectivity index (χ1) is 6.68. The van der Waals surface area contributed by atoms with Gasteiger partial charge in [-0.1, -0.05) is 0 Å². The third-order valence-electron chi connectivity index (χ3n) is 3.16. The molecule has 1 unspecified atom stereocenters. The Balaban J connectivity index is 1.99. The van der Waals surface area contributed by atoms with Gasteiger partial charge in [0.05, 0.1) is 12.6 Å². The Labute approximate surface area is 84.8 Å². The molecule has 0 bridgehead atoms. The quantitative estimate of drug-likeness (QED) is 0.628. The van der Waals surface area contributed by atoms with Gasteiger partial charge in [-0.25, -0.2) is 4.79 Å². The van der Waals surface area contributed by atoms with Crippen LogP contribution >= 0.6 is 0 Å². The number of cyclic esters (lactones) is 1. The van der Waals surface area contributed by atoms with Crippen LogP contribution in [0.15, 0.2) is 0 Å². The van der Waals surface area contributed by atoms with E-state index in [0.717, 1.165) is 26.1 Å². The molecule has 0 aromatic heterocycles. The summed E-state index contributed by atoms with van der Waals surface area (Å²) in [7, 11) is 0. The van der Waals surface area contributed by atoms with Crippen molar-refractivity contribution < 1.29 is 9.53 Å². The molecule has 0 aromatic carbocycles. The Hall–Kier alpha value is -0.770. The molecule has 0 saturated carbocycles. The number of piperazine rings is 1. The Morgan fingerprint density at radius 1 is 1.43 bits per heavy atom. The SMILES string of the molecule is CC(C)N1CCN2C(=O)OCCC2C1. The third-order valence-corrected chi connectivity index (χ3v) is 3.16. The van der Waals surface area contributed by atoms with Gasteiger partial charge in [0.2, 0.25) is 0 Å². The van der Waals surface area contributed by atoms with E-state index in [1.54, 1.807) is 0 Å². The van der Waals surface area contributed by atoms with Gasteiger partial charge in [-0.2, -0.15) is 0 Å². The van der Waals surface area contributed by atoms with E-state index >= 15 is 0 Å². The molecule has 1 atom stereocenters. The van der Waals surface area contributed by atoms with Crippen molar-refractivity contribution in [3.63, 3.8) is 0 Å². The van der Waals surface area contributed by atoms with Crippen LogP contribution in [0.2, 0.25) is 0 Å². The van der Waals surface area contributed by atoms with Gasteiger partial charge in [0.15, 0.2) is 0 Å². The molecule has 2 aliphatic heterocycles. The van der Waals surface area contributed by atoms with Gasteiger partial charge >= 0.3 is 6.09 Å². The van der Waals surface area contributed by atoms with Crippen LogP contribution in [-0.4, -0.2) is 54.2 Å². The van der Waals surface area contributed by atoms with Gasteiger partial charge in [0.1, 0.15) is 0 Å². The first-order valence-electron chi connectivity index (χ1n) is 5.36. The van der Waals surface area contributed by atoms with Crippen molar-refractivity contribution in [2.45, 2.75) is 32.4 Å². The zero-order chi connectivity index (χ0) is 10.1. The van der Waals surface area contributed by atoms with E-state index in [4.69, 9.17) is 4.74 Å². The number of hydrogen-bond donors (Lipinski definition) is 0. The Morgan fingerprint density at radius 3 is 2.93 bits per heavy atom. The second-order valence-corrected chi connectivity index (χ2v) is 4.34. The predicted molar refractivity (Wildman–Crippen MR) is 53.2 cm³/mol. The molecule has 0 radical (unpaired) electrons. The molecule has 2 fully saturated rings. The number of amides is 1. The fourth-order valence-electron chi connectivity index (χ4n) is 2.20. The van der Waals surface area contributed by atoms with Crippen molar-refractivity contribution in [2.75, 3.05) is 26.2 Å². The van der Waals surface area contributed by atoms with Crippen LogP contribution in [0.25, 0.3) is 0 Å². The number of rotatable bonds is 1. The first kappa shape index (κ1) is 9.77. The molecule has 4 nitrogen and oxygen atoms in total. The normalized spacial score (nSPS) is 28.9. The van der Waals surface area contributed by atoms with E-state index in [2.05, 4.69) is 18.7 Å². The fraction of sp³-hybridized carbons (Fsp3) is 0.900. The molecule has 4 heteroatoms. The van der Waals surface area contributed by atoms with Gasteiger partial charge in [-0.05, 0) is 13.8 Å². The summed E-state index contributed by atoms with van der Waals surface area (Å²) in [5, 5.41) is 0. The minimum atomic E-state index is -0.121. The van der Waals surface area contributed by atoms with Crippen molar-refractivity contribution in [1.29, 1.82) is 0 Å². The summed E-state index contributed by atoms with van der Waals surface area (Å²) < 4.78 is 5.01. The number of nitrogens with zero attached hydrogens (tertiary/aromatic N) is 2. The van der Waals surface area contributed by atoms with Crippen molar-refractivity contribution in [3.8, 4) is 0 Å². The maximum Gasteiger partial charge on any atom is 0.410 e. The van der Waals surface area contributed by atoms with Crippen molar-refractivity contribution >= 4 is 6.09 Å². The molecule has 0 spiro atoms. The van der Waals surface area contributed by atoms with Gasteiger partial charge in [0.25, 0.3) is 0 Å². The Bertz CT molecular complexity index is 230. The number of fused-ring (bicyclic) bond motifs is 1. The van der Waals surface area contributed by atoms with E-state index < -0.39 is 0 Å². The predicted octanol–water partition coefficient (Wildman–Crippen LogP) is 0.921. The van der Waals surface area contributed by atoms with Crippen molar-refractivity contribution in [3.05, 3.63) is 0 Å².